The summed E-state index contributed by atoms with van der Waals surface area (Å²) in [6.07, 6.45) is 4.45. The third-order valence-corrected chi connectivity index (χ3v) is 4.36. The molecule has 0 saturated carbocycles. The smallest absolute Gasteiger partial charge is 0.329 e. The molecular weight excluding hydrogens is 260 g/mol. The number of rotatable bonds is 7. The maximum atomic E-state index is 11.9. The summed E-state index contributed by atoms with van der Waals surface area (Å²) in [4.78, 5) is 24.0. The summed E-state index contributed by atoms with van der Waals surface area (Å²) >= 11 is 0. The SMILES string of the molecule is CCC1(CC)CCN(C(=O)NCCOCC(=O)O)CC1. The Labute approximate surface area is 120 Å². The molecule has 20 heavy (non-hydrogen) atoms. The molecule has 0 radical (unpaired) electrons. The first kappa shape index (κ1) is 16.8. The van der Waals surface area contributed by atoms with Crippen LogP contribution in [0.5, 0.6) is 0 Å². The number of carbonyl (C=O) groups excluding carboxylic acids is 1. The van der Waals surface area contributed by atoms with Crippen molar-refractivity contribution in [2.45, 2.75) is 39.5 Å². The van der Waals surface area contributed by atoms with Crippen LogP contribution in [0, 0.1) is 5.41 Å². The Morgan fingerprint density at radius 3 is 2.35 bits per heavy atom. The predicted octanol–water partition coefficient (Wildman–Crippen LogP) is 1.70. The molecule has 0 atom stereocenters. The van der Waals surface area contributed by atoms with E-state index in [4.69, 9.17) is 9.84 Å². The lowest BCUT2D eigenvalue weighted by atomic mass is 9.74. The Hall–Kier alpha value is -1.30. The van der Waals surface area contributed by atoms with Crippen molar-refractivity contribution in [3.8, 4) is 0 Å². The van der Waals surface area contributed by atoms with Gasteiger partial charge in [0.1, 0.15) is 6.61 Å². The summed E-state index contributed by atoms with van der Waals surface area (Å²) in [5.74, 6) is -0.997. The molecule has 1 saturated heterocycles. The molecular formula is C14H26N2O4. The number of amides is 2. The molecule has 1 aliphatic heterocycles. The summed E-state index contributed by atoms with van der Waals surface area (Å²) in [5, 5.41) is 11.2. The highest BCUT2D eigenvalue weighted by Crippen LogP contribution is 2.37. The highest BCUT2D eigenvalue weighted by atomic mass is 16.5. The van der Waals surface area contributed by atoms with Crippen LogP contribution in [0.3, 0.4) is 0 Å². The van der Waals surface area contributed by atoms with Crippen molar-refractivity contribution in [1.82, 2.24) is 10.2 Å². The molecule has 0 aromatic carbocycles. The van der Waals surface area contributed by atoms with E-state index in [0.29, 0.717) is 12.0 Å². The first-order valence-corrected chi connectivity index (χ1v) is 7.35. The first-order chi connectivity index (χ1) is 9.53. The molecule has 0 aromatic rings. The van der Waals surface area contributed by atoms with Crippen LogP contribution in [-0.4, -0.2) is 54.9 Å². The summed E-state index contributed by atoms with van der Waals surface area (Å²) in [7, 11) is 0. The van der Waals surface area contributed by atoms with Gasteiger partial charge in [-0.1, -0.05) is 26.7 Å². The van der Waals surface area contributed by atoms with Gasteiger partial charge >= 0.3 is 12.0 Å². The highest BCUT2D eigenvalue weighted by molar-refractivity contribution is 5.74. The van der Waals surface area contributed by atoms with Gasteiger partial charge in [0.05, 0.1) is 6.61 Å². The maximum Gasteiger partial charge on any atom is 0.329 e. The van der Waals surface area contributed by atoms with Crippen LogP contribution in [-0.2, 0) is 9.53 Å². The number of urea groups is 1. The van der Waals surface area contributed by atoms with E-state index in [-0.39, 0.29) is 19.2 Å². The molecule has 2 N–H and O–H groups in total. The van der Waals surface area contributed by atoms with Crippen LogP contribution in [0.25, 0.3) is 0 Å². The van der Waals surface area contributed by atoms with E-state index in [0.717, 1.165) is 25.9 Å². The molecule has 1 fully saturated rings. The minimum atomic E-state index is -0.997. The van der Waals surface area contributed by atoms with Gasteiger partial charge in [0.2, 0.25) is 0 Å². The lowest BCUT2D eigenvalue weighted by molar-refractivity contribution is -0.142. The predicted molar refractivity (Wildman–Crippen MR) is 75.7 cm³/mol. The van der Waals surface area contributed by atoms with Gasteiger partial charge in [0, 0.05) is 19.6 Å². The zero-order chi connectivity index (χ0) is 15.0. The van der Waals surface area contributed by atoms with Crippen molar-refractivity contribution in [3.63, 3.8) is 0 Å². The quantitative estimate of drug-likeness (QED) is 0.698. The van der Waals surface area contributed by atoms with Crippen molar-refractivity contribution in [1.29, 1.82) is 0 Å². The molecule has 1 rings (SSSR count). The van der Waals surface area contributed by atoms with Gasteiger partial charge in [-0.15, -0.1) is 0 Å². The van der Waals surface area contributed by atoms with Crippen LogP contribution in [0.2, 0.25) is 0 Å². The average molecular weight is 286 g/mol. The minimum Gasteiger partial charge on any atom is -0.480 e. The van der Waals surface area contributed by atoms with Crippen molar-refractivity contribution in [2.75, 3.05) is 32.8 Å². The maximum absolute atomic E-state index is 11.9. The van der Waals surface area contributed by atoms with Crippen molar-refractivity contribution >= 4 is 12.0 Å². The third-order valence-electron chi connectivity index (χ3n) is 4.36. The second-order valence-electron chi connectivity index (χ2n) is 5.37. The highest BCUT2D eigenvalue weighted by Gasteiger charge is 2.32. The summed E-state index contributed by atoms with van der Waals surface area (Å²) in [6.45, 7) is 6.27. The lowest BCUT2D eigenvalue weighted by Crippen LogP contribution is -2.47. The average Bonchev–Trinajstić information content (AvgIpc) is 2.46. The molecule has 6 heteroatoms. The Bertz CT molecular complexity index is 319. The van der Waals surface area contributed by atoms with Gasteiger partial charge in [-0.25, -0.2) is 9.59 Å². The minimum absolute atomic E-state index is 0.0790. The summed E-state index contributed by atoms with van der Waals surface area (Å²) in [6, 6.07) is -0.0790. The molecule has 116 valence electrons. The fourth-order valence-electron chi connectivity index (χ4n) is 2.64. The van der Waals surface area contributed by atoms with Crippen LogP contribution in [0.15, 0.2) is 0 Å². The zero-order valence-electron chi connectivity index (χ0n) is 12.5. The molecule has 0 unspecified atom stereocenters. The topological polar surface area (TPSA) is 78.9 Å². The number of nitrogens with one attached hydrogen (secondary N) is 1. The van der Waals surface area contributed by atoms with Gasteiger partial charge in [-0.3, -0.25) is 0 Å². The van der Waals surface area contributed by atoms with Crippen molar-refractivity contribution in [2.24, 2.45) is 5.41 Å². The number of aliphatic carboxylic acids is 1. The number of hydrogen-bond acceptors (Lipinski definition) is 3. The van der Waals surface area contributed by atoms with E-state index in [1.54, 1.807) is 0 Å². The lowest BCUT2D eigenvalue weighted by Gasteiger charge is -2.40. The van der Waals surface area contributed by atoms with E-state index in [9.17, 15) is 9.59 Å². The van der Waals surface area contributed by atoms with Crippen LogP contribution >= 0.6 is 0 Å². The van der Waals surface area contributed by atoms with E-state index in [2.05, 4.69) is 19.2 Å². The second kappa shape index (κ2) is 8.09. The second-order valence-corrected chi connectivity index (χ2v) is 5.37. The fraction of sp³-hybridized carbons (Fsp3) is 0.857. The number of likely N-dealkylation sites (tertiary alicyclic amines) is 1. The molecule has 0 bridgehead atoms. The standard InChI is InChI=1S/C14H26N2O4/c1-3-14(4-2)5-8-16(9-6-14)13(19)15-7-10-20-11-12(17)18/h3-11H2,1-2H3,(H,15,19)(H,17,18). The number of carboxylic acids is 1. The van der Waals surface area contributed by atoms with E-state index < -0.39 is 5.97 Å². The van der Waals surface area contributed by atoms with Gasteiger partial charge in [-0.2, -0.15) is 0 Å². The molecule has 1 heterocycles. The molecule has 0 spiro atoms. The molecule has 6 nitrogen and oxygen atoms in total. The number of carbonyl (C=O) groups is 2. The van der Waals surface area contributed by atoms with Crippen molar-refractivity contribution in [3.05, 3.63) is 0 Å². The first-order valence-electron chi connectivity index (χ1n) is 7.35. The third kappa shape index (κ3) is 5.00. The number of ether oxygens (including phenoxy) is 1. The normalized spacial score (nSPS) is 17.8. The molecule has 0 aromatic heterocycles. The Balaban J connectivity index is 2.21. The van der Waals surface area contributed by atoms with Gasteiger partial charge in [0.25, 0.3) is 0 Å². The van der Waals surface area contributed by atoms with E-state index >= 15 is 0 Å². The van der Waals surface area contributed by atoms with E-state index in [1.807, 2.05) is 4.90 Å². The Kier molecular flexibility index (Phi) is 6.78. The van der Waals surface area contributed by atoms with Gasteiger partial charge in [0.15, 0.2) is 0 Å². The van der Waals surface area contributed by atoms with Crippen LogP contribution < -0.4 is 5.32 Å². The monoisotopic (exact) mass is 286 g/mol. The zero-order valence-corrected chi connectivity index (χ0v) is 12.5. The Morgan fingerprint density at radius 1 is 1.25 bits per heavy atom. The number of hydrogen-bond donors (Lipinski definition) is 2. The molecule has 1 aliphatic rings. The number of piperidine rings is 1. The molecule has 0 aliphatic carbocycles. The largest absolute Gasteiger partial charge is 0.480 e. The number of nitrogens with zero attached hydrogens (tertiary/aromatic N) is 1. The van der Waals surface area contributed by atoms with Crippen LogP contribution in [0.4, 0.5) is 4.79 Å². The van der Waals surface area contributed by atoms with Gasteiger partial charge in [-0.05, 0) is 18.3 Å². The summed E-state index contributed by atoms with van der Waals surface area (Å²) in [5.41, 5.74) is 0.404. The van der Waals surface area contributed by atoms with E-state index in [1.165, 1.54) is 12.8 Å². The summed E-state index contributed by atoms with van der Waals surface area (Å²) < 4.78 is 4.87. The molecule has 2 amide bonds. The van der Waals surface area contributed by atoms with Crippen LogP contribution in [0.1, 0.15) is 39.5 Å². The van der Waals surface area contributed by atoms with Crippen molar-refractivity contribution < 1.29 is 19.4 Å². The Morgan fingerprint density at radius 2 is 1.85 bits per heavy atom. The number of carboxylic acid groups (broad SMARTS) is 1. The fourth-order valence-corrected chi connectivity index (χ4v) is 2.64. The van der Waals surface area contributed by atoms with Gasteiger partial charge < -0.3 is 20.1 Å².